The van der Waals surface area contributed by atoms with Crippen LogP contribution in [0, 0.1) is 5.92 Å². The Bertz CT molecular complexity index is 1010. The first-order chi connectivity index (χ1) is 18.0. The summed E-state index contributed by atoms with van der Waals surface area (Å²) in [6.07, 6.45) is 18.3. The topological polar surface area (TPSA) is 69.1 Å². The molecule has 3 atom stereocenters. The molecule has 3 aliphatic heterocycles. The van der Waals surface area contributed by atoms with E-state index in [1.807, 2.05) is 25.3 Å². The largest absolute Gasteiger partial charge is 0.493 e. The maximum atomic E-state index is 14.3. The van der Waals surface area contributed by atoms with Crippen molar-refractivity contribution in [2.24, 2.45) is 10.9 Å². The van der Waals surface area contributed by atoms with E-state index in [9.17, 15) is 9.50 Å². The molecule has 2 aliphatic carbocycles. The fraction of sp³-hybridized carbons (Fsp3) is 0.633. The normalized spacial score (nSPS) is 33.5. The van der Waals surface area contributed by atoms with Crippen molar-refractivity contribution in [3.8, 4) is 0 Å². The van der Waals surface area contributed by atoms with Crippen molar-refractivity contribution >= 4 is 6.21 Å². The predicted molar refractivity (Wildman–Crippen MR) is 147 cm³/mol. The molecule has 0 amide bonds. The van der Waals surface area contributed by atoms with Gasteiger partial charge in [0.1, 0.15) is 11.6 Å². The van der Waals surface area contributed by atoms with Crippen molar-refractivity contribution < 1.29 is 14.2 Å². The van der Waals surface area contributed by atoms with E-state index in [4.69, 9.17) is 4.74 Å². The Hall–Kier alpha value is -2.22. The van der Waals surface area contributed by atoms with Crippen LogP contribution in [-0.4, -0.2) is 60.4 Å². The fourth-order valence-electron chi connectivity index (χ4n) is 6.09. The van der Waals surface area contributed by atoms with Gasteiger partial charge in [-0.2, -0.15) is 0 Å². The van der Waals surface area contributed by atoms with Gasteiger partial charge in [0.05, 0.1) is 18.8 Å². The molecule has 37 heavy (non-hydrogen) atoms. The third kappa shape index (κ3) is 6.62. The second kappa shape index (κ2) is 12.1. The lowest BCUT2D eigenvalue weighted by Gasteiger charge is -2.33. The van der Waals surface area contributed by atoms with Gasteiger partial charge in [-0.05, 0) is 88.3 Å². The van der Waals surface area contributed by atoms with E-state index < -0.39 is 0 Å². The monoisotopic (exact) mass is 510 g/mol. The second-order valence-electron chi connectivity index (χ2n) is 11.4. The summed E-state index contributed by atoms with van der Waals surface area (Å²) in [5.41, 5.74) is 4.40. The zero-order valence-corrected chi connectivity index (χ0v) is 22.4. The number of likely N-dealkylation sites (tertiary alicyclic amines) is 1. The lowest BCUT2D eigenvalue weighted by molar-refractivity contribution is 0.105. The molecule has 0 aromatic carbocycles. The minimum Gasteiger partial charge on any atom is -0.493 e. The summed E-state index contributed by atoms with van der Waals surface area (Å²) < 4.78 is 20.9. The molecule has 5 aliphatic rings. The summed E-state index contributed by atoms with van der Waals surface area (Å²) in [5.74, 6) is 0.821. The van der Waals surface area contributed by atoms with Gasteiger partial charge in [0, 0.05) is 35.9 Å². The SMILES string of the molecule is CC1CC=C(C2=CC=C(F)C(C)C2)C(C2=CC=NC(NC3CCC(O)CC3)N2)=C(CN2CCCCC2)O1. The Balaban J connectivity index is 1.46. The molecular formula is C30H43FN4O2. The van der Waals surface area contributed by atoms with Gasteiger partial charge < -0.3 is 15.2 Å². The molecule has 202 valence electrons. The van der Waals surface area contributed by atoms with Gasteiger partial charge >= 0.3 is 0 Å². The minimum atomic E-state index is -0.234. The third-order valence-electron chi connectivity index (χ3n) is 8.28. The van der Waals surface area contributed by atoms with Crippen LogP contribution in [0.25, 0.3) is 0 Å². The smallest absolute Gasteiger partial charge is 0.173 e. The van der Waals surface area contributed by atoms with Crippen LogP contribution in [0.4, 0.5) is 4.39 Å². The van der Waals surface area contributed by atoms with Gasteiger partial charge in [-0.15, -0.1) is 0 Å². The van der Waals surface area contributed by atoms with Crippen molar-refractivity contribution in [2.45, 2.75) is 96.2 Å². The van der Waals surface area contributed by atoms with E-state index in [-0.39, 0.29) is 30.2 Å². The number of aliphatic imine (C=N–C) groups is 1. The first-order valence-corrected chi connectivity index (χ1v) is 14.3. The molecule has 2 fully saturated rings. The van der Waals surface area contributed by atoms with Gasteiger partial charge in [-0.3, -0.25) is 15.2 Å². The van der Waals surface area contributed by atoms with Gasteiger partial charge in [0.2, 0.25) is 0 Å². The predicted octanol–water partition coefficient (Wildman–Crippen LogP) is 5.02. The molecular weight excluding hydrogens is 467 g/mol. The molecule has 3 heterocycles. The van der Waals surface area contributed by atoms with Gasteiger partial charge in [-0.1, -0.05) is 25.5 Å². The summed E-state index contributed by atoms with van der Waals surface area (Å²) >= 11 is 0. The zero-order chi connectivity index (χ0) is 25.8. The highest BCUT2D eigenvalue weighted by atomic mass is 19.1. The summed E-state index contributed by atoms with van der Waals surface area (Å²) in [7, 11) is 0. The number of aliphatic hydroxyl groups is 1. The number of allylic oxidation sites excluding steroid dienone is 6. The molecule has 0 aromatic heterocycles. The van der Waals surface area contributed by atoms with Crippen molar-refractivity contribution in [3.05, 3.63) is 58.3 Å². The summed E-state index contributed by atoms with van der Waals surface area (Å²) in [6.45, 7) is 7.05. The molecule has 1 saturated carbocycles. The Labute approximate surface area is 221 Å². The molecule has 1 saturated heterocycles. The lowest BCUT2D eigenvalue weighted by Crippen LogP contribution is -2.48. The number of halogens is 1. The molecule has 0 bridgehead atoms. The number of nitrogens with zero attached hydrogens (tertiary/aromatic N) is 2. The van der Waals surface area contributed by atoms with Crippen molar-refractivity contribution in [2.75, 3.05) is 19.6 Å². The second-order valence-corrected chi connectivity index (χ2v) is 11.4. The van der Waals surface area contributed by atoms with Crippen molar-refractivity contribution in [1.29, 1.82) is 0 Å². The van der Waals surface area contributed by atoms with Gasteiger partial charge in [-0.25, -0.2) is 4.39 Å². The van der Waals surface area contributed by atoms with E-state index in [0.717, 1.165) is 79.9 Å². The Kier molecular flexibility index (Phi) is 8.63. The number of nitrogens with one attached hydrogen (secondary N) is 2. The molecule has 3 unspecified atom stereocenters. The van der Waals surface area contributed by atoms with Crippen molar-refractivity contribution in [3.63, 3.8) is 0 Å². The van der Waals surface area contributed by atoms with E-state index in [1.54, 1.807) is 6.08 Å². The fourth-order valence-corrected chi connectivity index (χ4v) is 6.09. The number of piperidine rings is 1. The van der Waals surface area contributed by atoms with Crippen LogP contribution in [0.3, 0.4) is 0 Å². The summed E-state index contributed by atoms with van der Waals surface area (Å²) in [5, 5.41) is 17.2. The van der Waals surface area contributed by atoms with Crippen LogP contribution in [0.2, 0.25) is 0 Å². The van der Waals surface area contributed by atoms with Gasteiger partial charge in [0.25, 0.3) is 0 Å². The Morgan fingerprint density at radius 3 is 2.65 bits per heavy atom. The molecule has 0 spiro atoms. The van der Waals surface area contributed by atoms with E-state index in [0.29, 0.717) is 12.5 Å². The van der Waals surface area contributed by atoms with Crippen molar-refractivity contribution in [1.82, 2.24) is 15.5 Å². The zero-order valence-electron chi connectivity index (χ0n) is 22.4. The Morgan fingerprint density at radius 1 is 1.11 bits per heavy atom. The first-order valence-electron chi connectivity index (χ1n) is 14.3. The molecule has 7 heteroatoms. The van der Waals surface area contributed by atoms with Crippen LogP contribution in [0.5, 0.6) is 0 Å². The molecule has 3 N–H and O–H groups in total. The average molecular weight is 511 g/mol. The molecule has 0 radical (unpaired) electrons. The number of hydrogen-bond donors (Lipinski definition) is 3. The maximum Gasteiger partial charge on any atom is 0.173 e. The van der Waals surface area contributed by atoms with E-state index in [2.05, 4.69) is 33.5 Å². The van der Waals surface area contributed by atoms with Gasteiger partial charge in [0.15, 0.2) is 6.29 Å². The third-order valence-corrected chi connectivity index (χ3v) is 8.28. The van der Waals surface area contributed by atoms with E-state index in [1.165, 1.54) is 19.3 Å². The summed E-state index contributed by atoms with van der Waals surface area (Å²) in [4.78, 5) is 7.18. The van der Waals surface area contributed by atoms with Crippen LogP contribution >= 0.6 is 0 Å². The maximum absolute atomic E-state index is 14.3. The number of rotatable bonds is 6. The summed E-state index contributed by atoms with van der Waals surface area (Å²) in [6, 6.07) is 0.328. The standard InChI is InChI=1S/C30H43FN4O2/c1-20-18-22(7-13-26(20)31)25-12-6-21(2)37-28(19-35-16-4-3-5-17-35)29(25)27-14-15-32-30(34-27)33-23-8-10-24(36)11-9-23/h7,12-15,20-21,23-24,30,33-34,36H,3-6,8-11,16-19H2,1-2H3. The number of aliphatic hydroxyl groups excluding tert-OH is 1. The first kappa shape index (κ1) is 26.4. The molecule has 5 rings (SSSR count). The molecule has 0 aromatic rings. The molecule has 6 nitrogen and oxygen atoms in total. The van der Waals surface area contributed by atoms with Crippen LogP contribution in [0.1, 0.15) is 71.6 Å². The highest BCUT2D eigenvalue weighted by molar-refractivity contribution is 5.77. The van der Waals surface area contributed by atoms with E-state index >= 15 is 0 Å². The van der Waals surface area contributed by atoms with Crippen LogP contribution < -0.4 is 10.6 Å². The van der Waals surface area contributed by atoms with Crippen LogP contribution in [-0.2, 0) is 4.74 Å². The number of ether oxygens (including phenoxy) is 1. The average Bonchev–Trinajstić information content (AvgIpc) is 3.06. The highest BCUT2D eigenvalue weighted by Gasteiger charge is 2.30. The quantitative estimate of drug-likeness (QED) is 0.468. The minimum absolute atomic E-state index is 0.0503. The van der Waals surface area contributed by atoms with Crippen LogP contribution in [0.15, 0.2) is 63.3 Å². The lowest BCUT2D eigenvalue weighted by atomic mass is 9.84. The highest BCUT2D eigenvalue weighted by Crippen LogP contribution is 2.39. The Morgan fingerprint density at radius 2 is 1.89 bits per heavy atom. The number of hydrogen-bond acceptors (Lipinski definition) is 6.